The summed E-state index contributed by atoms with van der Waals surface area (Å²) < 4.78 is 0. The van der Waals surface area contributed by atoms with Crippen molar-refractivity contribution in [3.8, 4) is 0 Å². The van der Waals surface area contributed by atoms with Crippen molar-refractivity contribution < 1.29 is 4.79 Å². The van der Waals surface area contributed by atoms with E-state index in [1.165, 1.54) is 37.7 Å². The van der Waals surface area contributed by atoms with Crippen LogP contribution in [0.3, 0.4) is 0 Å². The van der Waals surface area contributed by atoms with Gasteiger partial charge in [0.05, 0.1) is 6.04 Å². The van der Waals surface area contributed by atoms with E-state index in [9.17, 15) is 4.79 Å². The van der Waals surface area contributed by atoms with Gasteiger partial charge < -0.3 is 10.2 Å². The molecule has 0 radical (unpaired) electrons. The summed E-state index contributed by atoms with van der Waals surface area (Å²) in [4.78, 5) is 22.0. The monoisotopic (exact) mass is 410 g/mol. The standard InChI is InChI=1S/C25H38N4O/c1-3-28(4-2)25(30)23-13-22(16-29(23)15-17-6-5-7-26-14-17)27-24-20-9-18-8-19(11-20)12-21(24)10-18/h5-7,14,18-24,27H,3-4,8-13,15-16H2,1-2H3/t18?,19?,20?,21?,22-,23+,24?/m1/s1. The third-order valence-corrected chi connectivity index (χ3v) is 8.53. The summed E-state index contributed by atoms with van der Waals surface area (Å²) in [6.07, 6.45) is 12.0. The molecule has 5 fully saturated rings. The molecule has 1 aromatic rings. The molecule has 0 unspecified atom stereocenters. The van der Waals surface area contributed by atoms with Gasteiger partial charge in [0.1, 0.15) is 0 Å². The van der Waals surface area contributed by atoms with Crippen molar-refractivity contribution in [2.24, 2.45) is 23.7 Å². The molecule has 5 nitrogen and oxygen atoms in total. The van der Waals surface area contributed by atoms with Crippen LogP contribution >= 0.6 is 0 Å². The van der Waals surface area contributed by atoms with Gasteiger partial charge >= 0.3 is 0 Å². The number of carbonyl (C=O) groups excluding carboxylic acids is 1. The van der Waals surface area contributed by atoms with Gasteiger partial charge in [0.25, 0.3) is 0 Å². The van der Waals surface area contributed by atoms with E-state index in [1.54, 1.807) is 0 Å². The number of amides is 1. The van der Waals surface area contributed by atoms with Gasteiger partial charge in [-0.3, -0.25) is 14.7 Å². The Morgan fingerprint density at radius 2 is 1.80 bits per heavy atom. The first-order chi connectivity index (χ1) is 14.6. The first kappa shape index (κ1) is 20.4. The van der Waals surface area contributed by atoms with Crippen molar-refractivity contribution in [2.75, 3.05) is 19.6 Å². The van der Waals surface area contributed by atoms with Crippen LogP contribution in [0.4, 0.5) is 0 Å². The highest BCUT2D eigenvalue weighted by molar-refractivity contribution is 5.82. The summed E-state index contributed by atoms with van der Waals surface area (Å²) in [5, 5.41) is 4.11. The number of pyridine rings is 1. The number of carbonyl (C=O) groups is 1. The fourth-order valence-corrected chi connectivity index (χ4v) is 7.40. The molecule has 2 heterocycles. The van der Waals surface area contributed by atoms with E-state index in [-0.39, 0.29) is 6.04 Å². The number of likely N-dealkylation sites (N-methyl/N-ethyl adjacent to an activating group) is 1. The molecule has 1 N–H and O–H groups in total. The van der Waals surface area contributed by atoms with Crippen molar-refractivity contribution >= 4 is 5.91 Å². The molecule has 5 aliphatic rings. The van der Waals surface area contributed by atoms with Gasteiger partial charge in [0, 0.05) is 50.7 Å². The zero-order valence-corrected chi connectivity index (χ0v) is 18.7. The minimum Gasteiger partial charge on any atom is -0.342 e. The Morgan fingerprint density at radius 3 is 2.40 bits per heavy atom. The lowest BCUT2D eigenvalue weighted by Gasteiger charge is -2.55. The van der Waals surface area contributed by atoms with Gasteiger partial charge in [-0.25, -0.2) is 0 Å². The summed E-state index contributed by atoms with van der Waals surface area (Å²) in [6.45, 7) is 7.54. The van der Waals surface area contributed by atoms with Crippen LogP contribution in [0.5, 0.6) is 0 Å². The van der Waals surface area contributed by atoms with Crippen LogP contribution < -0.4 is 5.32 Å². The molecule has 1 aromatic heterocycles. The van der Waals surface area contributed by atoms with Crippen LogP contribution in [0, 0.1) is 23.7 Å². The molecule has 0 spiro atoms. The zero-order chi connectivity index (χ0) is 20.7. The molecule has 164 valence electrons. The molecule has 4 saturated carbocycles. The van der Waals surface area contributed by atoms with E-state index in [1.807, 2.05) is 23.4 Å². The minimum absolute atomic E-state index is 0.0144. The second-order valence-corrected chi connectivity index (χ2v) is 10.4. The van der Waals surface area contributed by atoms with Gasteiger partial charge in [-0.15, -0.1) is 0 Å². The van der Waals surface area contributed by atoms with Gasteiger partial charge in [-0.2, -0.15) is 0 Å². The van der Waals surface area contributed by atoms with E-state index < -0.39 is 0 Å². The van der Waals surface area contributed by atoms with Crippen molar-refractivity contribution in [3.05, 3.63) is 30.1 Å². The molecule has 30 heavy (non-hydrogen) atoms. The third kappa shape index (κ3) is 3.91. The number of hydrogen-bond donors (Lipinski definition) is 1. The molecule has 1 saturated heterocycles. The maximum absolute atomic E-state index is 13.3. The summed E-state index contributed by atoms with van der Waals surface area (Å²) in [5.41, 5.74) is 1.20. The SMILES string of the molecule is CCN(CC)C(=O)[C@@H]1C[C@@H](NC2C3CC4CC(C3)CC2C4)CN1Cc1cccnc1. The number of aromatic nitrogens is 1. The Bertz CT molecular complexity index is 706. The Kier molecular flexibility index (Phi) is 5.85. The zero-order valence-electron chi connectivity index (χ0n) is 18.7. The number of nitrogens with one attached hydrogen (secondary N) is 1. The van der Waals surface area contributed by atoms with Crippen LogP contribution in [0.2, 0.25) is 0 Å². The first-order valence-electron chi connectivity index (χ1n) is 12.3. The second-order valence-electron chi connectivity index (χ2n) is 10.4. The maximum Gasteiger partial charge on any atom is 0.239 e. The second kappa shape index (κ2) is 8.58. The average molecular weight is 411 g/mol. The van der Waals surface area contributed by atoms with Crippen molar-refractivity contribution in [1.29, 1.82) is 0 Å². The molecule has 0 aromatic carbocycles. The highest BCUT2D eigenvalue weighted by Gasteiger charge is 2.49. The van der Waals surface area contributed by atoms with Crippen molar-refractivity contribution in [1.82, 2.24) is 20.1 Å². The van der Waals surface area contributed by atoms with Crippen LogP contribution in [0.15, 0.2) is 24.5 Å². The number of hydrogen-bond acceptors (Lipinski definition) is 4. The normalized spacial score (nSPS) is 37.6. The van der Waals surface area contributed by atoms with Crippen LogP contribution in [-0.4, -0.2) is 58.5 Å². The van der Waals surface area contributed by atoms with E-state index >= 15 is 0 Å². The molecule has 5 heteroatoms. The van der Waals surface area contributed by atoms with Crippen molar-refractivity contribution in [3.63, 3.8) is 0 Å². The van der Waals surface area contributed by atoms with Crippen LogP contribution in [0.25, 0.3) is 0 Å². The van der Waals surface area contributed by atoms with Crippen molar-refractivity contribution in [2.45, 2.75) is 77.0 Å². The smallest absolute Gasteiger partial charge is 0.239 e. The fraction of sp³-hybridized carbons (Fsp3) is 0.760. The predicted octanol–water partition coefficient (Wildman–Crippen LogP) is 3.31. The Balaban J connectivity index is 1.29. The van der Waals surface area contributed by atoms with Crippen LogP contribution in [0.1, 0.15) is 57.9 Å². The highest BCUT2D eigenvalue weighted by atomic mass is 16.2. The quantitative estimate of drug-likeness (QED) is 0.749. The van der Waals surface area contributed by atoms with E-state index in [2.05, 4.69) is 35.1 Å². The van der Waals surface area contributed by atoms with Gasteiger partial charge in [0.15, 0.2) is 0 Å². The number of likely N-dealkylation sites (tertiary alicyclic amines) is 1. The minimum atomic E-state index is -0.0144. The fourth-order valence-electron chi connectivity index (χ4n) is 7.40. The molecular weight excluding hydrogens is 372 g/mol. The number of nitrogens with zero attached hydrogens (tertiary/aromatic N) is 3. The lowest BCUT2D eigenvalue weighted by atomic mass is 9.54. The molecule has 1 aliphatic heterocycles. The predicted molar refractivity (Wildman–Crippen MR) is 119 cm³/mol. The third-order valence-electron chi connectivity index (χ3n) is 8.53. The van der Waals surface area contributed by atoms with E-state index in [0.717, 1.165) is 56.3 Å². The van der Waals surface area contributed by atoms with Gasteiger partial charge in [-0.05, 0) is 87.7 Å². The molecule has 4 aliphatic carbocycles. The Hall–Kier alpha value is -1.46. The molecular formula is C25H38N4O. The van der Waals surface area contributed by atoms with Crippen LogP contribution in [-0.2, 0) is 11.3 Å². The molecule has 4 bridgehead atoms. The Morgan fingerprint density at radius 1 is 1.10 bits per heavy atom. The number of rotatable bonds is 7. The lowest BCUT2D eigenvalue weighted by molar-refractivity contribution is -0.135. The lowest BCUT2D eigenvalue weighted by Crippen LogP contribution is -2.57. The summed E-state index contributed by atoms with van der Waals surface area (Å²) in [6, 6.07) is 5.22. The van der Waals surface area contributed by atoms with Gasteiger partial charge in [0.2, 0.25) is 5.91 Å². The maximum atomic E-state index is 13.3. The molecule has 2 atom stereocenters. The summed E-state index contributed by atoms with van der Waals surface area (Å²) in [7, 11) is 0. The summed E-state index contributed by atoms with van der Waals surface area (Å²) in [5.74, 6) is 4.08. The molecule has 6 rings (SSSR count). The summed E-state index contributed by atoms with van der Waals surface area (Å²) >= 11 is 0. The highest BCUT2D eigenvalue weighted by Crippen LogP contribution is 2.53. The first-order valence-corrected chi connectivity index (χ1v) is 12.3. The average Bonchev–Trinajstić information content (AvgIpc) is 3.14. The largest absolute Gasteiger partial charge is 0.342 e. The topological polar surface area (TPSA) is 48.5 Å². The van der Waals surface area contributed by atoms with E-state index in [4.69, 9.17) is 0 Å². The molecule has 1 amide bonds. The van der Waals surface area contributed by atoms with Gasteiger partial charge in [-0.1, -0.05) is 6.07 Å². The Labute approximate surface area is 181 Å². The van der Waals surface area contributed by atoms with E-state index in [0.29, 0.717) is 18.0 Å².